The predicted molar refractivity (Wildman–Crippen MR) is 97.8 cm³/mol. The van der Waals surface area contributed by atoms with Crippen molar-refractivity contribution in [3.63, 3.8) is 0 Å². The van der Waals surface area contributed by atoms with Crippen LogP contribution < -0.4 is 10.6 Å². The fourth-order valence-electron chi connectivity index (χ4n) is 2.70. The Labute approximate surface area is 144 Å². The van der Waals surface area contributed by atoms with Crippen LogP contribution >= 0.6 is 24.2 Å². The first-order chi connectivity index (χ1) is 10.2. The Morgan fingerprint density at radius 3 is 3.05 bits per heavy atom. The van der Waals surface area contributed by atoms with Crippen molar-refractivity contribution in [2.75, 3.05) is 25.4 Å². The zero-order valence-electron chi connectivity index (χ0n) is 13.3. The lowest BCUT2D eigenvalue weighted by Gasteiger charge is -2.22. The van der Waals surface area contributed by atoms with Crippen LogP contribution in [0, 0.1) is 12.8 Å². The molecule has 3 nitrogen and oxygen atoms in total. The van der Waals surface area contributed by atoms with Crippen molar-refractivity contribution in [3.8, 4) is 0 Å². The van der Waals surface area contributed by atoms with Gasteiger partial charge in [0.05, 0.1) is 5.75 Å². The van der Waals surface area contributed by atoms with Gasteiger partial charge in [0.15, 0.2) is 0 Å². The van der Waals surface area contributed by atoms with E-state index in [1.54, 1.807) is 11.8 Å². The summed E-state index contributed by atoms with van der Waals surface area (Å²) in [6.45, 7) is 5.17. The minimum Gasteiger partial charge on any atom is -0.355 e. The van der Waals surface area contributed by atoms with Crippen LogP contribution in [0.1, 0.15) is 30.4 Å². The van der Waals surface area contributed by atoms with Crippen LogP contribution in [0.2, 0.25) is 0 Å². The number of carbonyl (C=O) groups excluding carboxylic acids is 1. The quantitative estimate of drug-likeness (QED) is 0.799. The Kier molecular flexibility index (Phi) is 9.60. The summed E-state index contributed by atoms with van der Waals surface area (Å²) in [4.78, 5) is 11.8. The lowest BCUT2D eigenvalue weighted by Crippen LogP contribution is -2.33. The van der Waals surface area contributed by atoms with Crippen molar-refractivity contribution in [1.29, 1.82) is 0 Å². The molecule has 1 aliphatic rings. The molecule has 1 amide bonds. The number of thioether (sulfide) groups is 1. The summed E-state index contributed by atoms with van der Waals surface area (Å²) in [6.07, 6.45) is 3.66. The molecule has 0 radical (unpaired) electrons. The van der Waals surface area contributed by atoms with Crippen molar-refractivity contribution >= 4 is 30.1 Å². The SMILES string of the molecule is Cc1cccc(CSCC(=O)NCCC2CCCNC2)c1.Cl. The van der Waals surface area contributed by atoms with Crippen molar-refractivity contribution in [1.82, 2.24) is 10.6 Å². The Hall–Kier alpha value is -0.710. The average molecular weight is 343 g/mol. The molecule has 2 N–H and O–H groups in total. The fraction of sp³-hybridized carbons (Fsp3) is 0.588. The summed E-state index contributed by atoms with van der Waals surface area (Å²) >= 11 is 1.68. The number of rotatable bonds is 7. The van der Waals surface area contributed by atoms with E-state index in [2.05, 4.69) is 41.8 Å². The van der Waals surface area contributed by atoms with Crippen molar-refractivity contribution in [3.05, 3.63) is 35.4 Å². The maximum atomic E-state index is 11.8. The highest BCUT2D eigenvalue weighted by Gasteiger charge is 2.12. The van der Waals surface area contributed by atoms with E-state index in [0.717, 1.165) is 37.7 Å². The van der Waals surface area contributed by atoms with E-state index < -0.39 is 0 Å². The Balaban J connectivity index is 0.00000242. The van der Waals surface area contributed by atoms with E-state index in [9.17, 15) is 4.79 Å². The van der Waals surface area contributed by atoms with E-state index in [4.69, 9.17) is 0 Å². The lowest BCUT2D eigenvalue weighted by atomic mass is 9.96. The molecule has 1 aromatic carbocycles. The minimum absolute atomic E-state index is 0. The molecule has 1 fully saturated rings. The third kappa shape index (κ3) is 7.52. The van der Waals surface area contributed by atoms with Crippen LogP contribution in [0.3, 0.4) is 0 Å². The molecule has 1 aromatic rings. The van der Waals surface area contributed by atoms with E-state index in [1.165, 1.54) is 24.0 Å². The number of hydrogen-bond acceptors (Lipinski definition) is 3. The number of piperidine rings is 1. The van der Waals surface area contributed by atoms with E-state index in [1.807, 2.05) is 0 Å². The van der Waals surface area contributed by atoms with Crippen molar-refractivity contribution in [2.24, 2.45) is 5.92 Å². The standard InChI is InChI=1S/C17H26N2OS.ClH/c1-14-4-2-5-16(10-14)12-21-13-17(20)19-9-7-15-6-3-8-18-11-15;/h2,4-5,10,15,18H,3,6-9,11-13H2,1H3,(H,19,20);1H. The van der Waals surface area contributed by atoms with Gasteiger partial charge in [-0.2, -0.15) is 0 Å². The number of amides is 1. The van der Waals surface area contributed by atoms with Gasteiger partial charge in [0.1, 0.15) is 0 Å². The molecule has 0 bridgehead atoms. The van der Waals surface area contributed by atoms with Gasteiger partial charge < -0.3 is 10.6 Å². The average Bonchev–Trinajstić information content (AvgIpc) is 2.48. The van der Waals surface area contributed by atoms with Gasteiger partial charge in [-0.3, -0.25) is 4.79 Å². The summed E-state index contributed by atoms with van der Waals surface area (Å²) < 4.78 is 0. The third-order valence-corrected chi connectivity index (χ3v) is 4.86. The molecular formula is C17H27ClN2OS. The first-order valence-electron chi connectivity index (χ1n) is 7.85. The number of halogens is 1. The summed E-state index contributed by atoms with van der Waals surface area (Å²) in [6, 6.07) is 8.47. The van der Waals surface area contributed by atoms with Crippen molar-refractivity contribution < 1.29 is 4.79 Å². The smallest absolute Gasteiger partial charge is 0.230 e. The highest BCUT2D eigenvalue weighted by molar-refractivity contribution is 7.99. The molecule has 1 saturated heterocycles. The molecule has 1 atom stereocenters. The zero-order valence-corrected chi connectivity index (χ0v) is 14.9. The largest absolute Gasteiger partial charge is 0.355 e. The molecule has 1 unspecified atom stereocenters. The van der Waals surface area contributed by atoms with Crippen LogP contribution in [0.5, 0.6) is 0 Å². The van der Waals surface area contributed by atoms with Crippen molar-refractivity contribution in [2.45, 2.75) is 31.9 Å². The first-order valence-corrected chi connectivity index (χ1v) is 9.00. The normalized spacial score (nSPS) is 17.6. The molecule has 5 heteroatoms. The Morgan fingerprint density at radius 2 is 2.32 bits per heavy atom. The van der Waals surface area contributed by atoms with Gasteiger partial charge >= 0.3 is 0 Å². The van der Waals surface area contributed by atoms with Gasteiger partial charge in [-0.05, 0) is 50.8 Å². The monoisotopic (exact) mass is 342 g/mol. The summed E-state index contributed by atoms with van der Waals surface area (Å²) in [5.74, 6) is 2.36. The number of carbonyl (C=O) groups is 1. The second-order valence-corrected chi connectivity index (χ2v) is 6.82. The summed E-state index contributed by atoms with van der Waals surface area (Å²) in [5.41, 5.74) is 2.57. The maximum absolute atomic E-state index is 11.8. The highest BCUT2D eigenvalue weighted by atomic mass is 35.5. The lowest BCUT2D eigenvalue weighted by molar-refractivity contribution is -0.118. The summed E-state index contributed by atoms with van der Waals surface area (Å²) in [5, 5.41) is 6.45. The molecule has 2 rings (SSSR count). The predicted octanol–water partition coefficient (Wildman–Crippen LogP) is 3.16. The minimum atomic E-state index is 0. The van der Waals surface area contributed by atoms with Crippen LogP contribution in [0.25, 0.3) is 0 Å². The zero-order chi connectivity index (χ0) is 14.9. The molecule has 22 heavy (non-hydrogen) atoms. The molecular weight excluding hydrogens is 316 g/mol. The topological polar surface area (TPSA) is 41.1 Å². The summed E-state index contributed by atoms with van der Waals surface area (Å²) in [7, 11) is 0. The molecule has 0 spiro atoms. The maximum Gasteiger partial charge on any atom is 0.230 e. The second kappa shape index (κ2) is 10.9. The van der Waals surface area contributed by atoms with E-state index in [0.29, 0.717) is 5.75 Å². The van der Waals surface area contributed by atoms with E-state index >= 15 is 0 Å². The van der Waals surface area contributed by atoms with Crippen LogP contribution in [-0.4, -0.2) is 31.3 Å². The van der Waals surface area contributed by atoms with Gasteiger partial charge in [0, 0.05) is 12.3 Å². The van der Waals surface area contributed by atoms with Gasteiger partial charge in [-0.1, -0.05) is 29.8 Å². The van der Waals surface area contributed by atoms with E-state index in [-0.39, 0.29) is 18.3 Å². The molecule has 0 saturated carbocycles. The molecule has 124 valence electrons. The second-order valence-electron chi connectivity index (χ2n) is 5.83. The molecule has 0 aliphatic carbocycles. The number of nitrogens with one attached hydrogen (secondary N) is 2. The number of aryl methyl sites for hydroxylation is 1. The highest BCUT2D eigenvalue weighted by Crippen LogP contribution is 2.14. The third-order valence-electron chi connectivity index (χ3n) is 3.86. The fourth-order valence-corrected chi connectivity index (χ4v) is 3.51. The van der Waals surface area contributed by atoms with Gasteiger partial charge in [-0.25, -0.2) is 0 Å². The molecule has 1 heterocycles. The van der Waals surface area contributed by atoms with Crippen LogP contribution in [0.4, 0.5) is 0 Å². The number of hydrogen-bond donors (Lipinski definition) is 2. The van der Waals surface area contributed by atoms with Crippen LogP contribution in [-0.2, 0) is 10.5 Å². The van der Waals surface area contributed by atoms with Gasteiger partial charge in [0.2, 0.25) is 5.91 Å². The molecule has 1 aliphatic heterocycles. The van der Waals surface area contributed by atoms with Gasteiger partial charge in [0.25, 0.3) is 0 Å². The Bertz CT molecular complexity index is 450. The molecule has 0 aromatic heterocycles. The number of benzene rings is 1. The Morgan fingerprint density at radius 1 is 1.45 bits per heavy atom. The first kappa shape index (κ1) is 19.3. The van der Waals surface area contributed by atoms with Crippen LogP contribution in [0.15, 0.2) is 24.3 Å². The van der Waals surface area contributed by atoms with Gasteiger partial charge in [-0.15, -0.1) is 24.2 Å².